The molecular weight excluding hydrogens is 106 g/mol. The van der Waals surface area contributed by atoms with Gasteiger partial charge in [-0.1, -0.05) is 0 Å². The van der Waals surface area contributed by atoms with Gasteiger partial charge in [0, 0.05) is 23.2 Å². The van der Waals surface area contributed by atoms with Crippen LogP contribution in [0.4, 0.5) is 0 Å². The number of nitrogens with zero attached hydrogens (tertiary/aromatic N) is 1. The van der Waals surface area contributed by atoms with Crippen LogP contribution in [0.2, 0.25) is 0 Å². The maximum Gasteiger partial charge on any atom is 0.253 e. The molecule has 0 saturated heterocycles. The zero-order valence-corrected chi connectivity index (χ0v) is 3.92. The fourth-order valence-electron chi connectivity index (χ4n) is 0.400. The minimum atomic E-state index is -2.66. The highest BCUT2D eigenvalue weighted by molar-refractivity contribution is 6.12. The lowest BCUT2D eigenvalue weighted by atomic mass is 10.6. The summed E-state index contributed by atoms with van der Waals surface area (Å²) >= 11 is 0. The largest absolute Gasteiger partial charge is 0.279 e. The highest BCUT2D eigenvalue weighted by Crippen LogP contribution is 1.97. The molecule has 0 atom stereocenters. The fraction of sp³-hybridized carbons (Fsp3) is 0.200. The van der Waals surface area contributed by atoms with Crippen molar-refractivity contribution in [3.8, 4) is 0 Å². The van der Waals surface area contributed by atoms with Crippen LogP contribution in [0.25, 0.3) is 0 Å². The fourth-order valence-corrected chi connectivity index (χ4v) is 0.400. The van der Waals surface area contributed by atoms with Crippen LogP contribution in [0, 0.1) is 0 Å². The Morgan fingerprint density at radius 2 is 2.00 bits per heavy atom. The van der Waals surface area contributed by atoms with E-state index < -0.39 is 18.8 Å². The molecule has 8 heavy (non-hydrogen) atoms. The Labute approximate surface area is 50.8 Å². The molecule has 1 heterocycles. The number of hydrogen-bond acceptors (Lipinski definition) is 2. The van der Waals surface area contributed by atoms with Crippen molar-refractivity contribution in [3.05, 3.63) is 12.2 Å². The van der Waals surface area contributed by atoms with Gasteiger partial charge in [0.2, 0.25) is 0 Å². The van der Waals surface area contributed by atoms with Crippen LogP contribution in [0.15, 0.2) is 12.2 Å². The molecule has 0 bridgehead atoms. The first-order valence-corrected chi connectivity index (χ1v) is 1.99. The third-order valence-electron chi connectivity index (χ3n) is 0.809. The Kier molecular flexibility index (Phi) is 0.437. The maximum atomic E-state index is 10.7. The van der Waals surface area contributed by atoms with Gasteiger partial charge in [0.25, 0.3) is 11.8 Å². The van der Waals surface area contributed by atoms with Crippen molar-refractivity contribution >= 4 is 11.8 Å². The molecule has 0 spiro atoms. The Balaban J connectivity index is 2.91. The molecule has 2 amide bonds. The first-order chi connectivity index (χ1) is 4.93. The highest BCUT2D eigenvalue weighted by Gasteiger charge is 2.17. The van der Waals surface area contributed by atoms with Crippen molar-refractivity contribution in [1.29, 1.82) is 0 Å². The van der Waals surface area contributed by atoms with E-state index in [-0.39, 0.29) is 4.90 Å². The lowest BCUT2D eigenvalue weighted by molar-refractivity contribution is -0.135. The van der Waals surface area contributed by atoms with E-state index >= 15 is 0 Å². The molecule has 0 aromatic rings. The summed E-state index contributed by atoms with van der Waals surface area (Å²) in [5.41, 5.74) is 0. The van der Waals surface area contributed by atoms with Gasteiger partial charge >= 0.3 is 0 Å². The van der Waals surface area contributed by atoms with Gasteiger partial charge in [0.15, 0.2) is 0 Å². The minimum absolute atomic E-state index is 0.243. The number of rotatable bonds is 0. The van der Waals surface area contributed by atoms with Crippen molar-refractivity contribution in [2.24, 2.45) is 0 Å². The lowest BCUT2D eigenvalue weighted by Crippen LogP contribution is -2.24. The molecular formula is C5H5NO2. The summed E-state index contributed by atoms with van der Waals surface area (Å²) in [4.78, 5) is 21.6. The quantitative estimate of drug-likeness (QED) is 0.400. The predicted molar refractivity (Wildman–Crippen MR) is 26.9 cm³/mol. The zero-order valence-electron chi connectivity index (χ0n) is 6.92. The molecule has 0 unspecified atom stereocenters. The van der Waals surface area contributed by atoms with Gasteiger partial charge in [-0.3, -0.25) is 14.5 Å². The molecule has 1 rings (SSSR count). The van der Waals surface area contributed by atoms with Crippen molar-refractivity contribution in [1.82, 2.24) is 4.90 Å². The standard InChI is InChI=1S/C5H5NO2/c1-6-4(7)2-3-5(6)8/h2-3H,1H3/i1D3. The number of hydrogen-bond donors (Lipinski definition) is 0. The molecule has 3 heteroatoms. The van der Waals surface area contributed by atoms with Crippen molar-refractivity contribution in [3.63, 3.8) is 0 Å². The normalized spacial score (nSPS) is 25.5. The molecule has 0 aromatic heterocycles. The van der Waals surface area contributed by atoms with E-state index in [0.717, 1.165) is 12.2 Å². The second kappa shape index (κ2) is 1.43. The molecule has 0 aliphatic carbocycles. The van der Waals surface area contributed by atoms with Gasteiger partial charge < -0.3 is 0 Å². The van der Waals surface area contributed by atoms with Crippen LogP contribution in [0.1, 0.15) is 4.11 Å². The average Bonchev–Trinajstić information content (AvgIpc) is 2.08. The summed E-state index contributed by atoms with van der Waals surface area (Å²) in [7, 11) is 0. The van der Waals surface area contributed by atoms with Crippen LogP contribution >= 0.6 is 0 Å². The van der Waals surface area contributed by atoms with Crippen LogP contribution in [-0.4, -0.2) is 23.7 Å². The third kappa shape index (κ3) is 0.521. The van der Waals surface area contributed by atoms with E-state index in [1.165, 1.54) is 0 Å². The number of amides is 2. The van der Waals surface area contributed by atoms with Gasteiger partial charge in [-0.25, -0.2) is 0 Å². The Morgan fingerprint density at radius 1 is 1.50 bits per heavy atom. The minimum Gasteiger partial charge on any atom is -0.279 e. The lowest BCUT2D eigenvalue weighted by Gasteiger charge is -2.01. The highest BCUT2D eigenvalue weighted by atomic mass is 16.2. The summed E-state index contributed by atoms with van der Waals surface area (Å²) in [6, 6.07) is 0. The van der Waals surface area contributed by atoms with Gasteiger partial charge in [-0.2, -0.15) is 0 Å². The van der Waals surface area contributed by atoms with E-state index in [4.69, 9.17) is 4.11 Å². The molecule has 3 nitrogen and oxygen atoms in total. The van der Waals surface area contributed by atoms with E-state index in [9.17, 15) is 9.59 Å². The topological polar surface area (TPSA) is 37.4 Å². The van der Waals surface area contributed by atoms with Crippen molar-refractivity contribution < 1.29 is 13.7 Å². The smallest absolute Gasteiger partial charge is 0.253 e. The molecule has 0 aromatic carbocycles. The molecule has 1 aliphatic heterocycles. The van der Waals surface area contributed by atoms with Crippen LogP contribution < -0.4 is 0 Å². The predicted octanol–water partition coefficient (Wildman–Crippen LogP) is -0.459. The number of carbonyl (C=O) groups is 2. The summed E-state index contributed by atoms with van der Waals surface area (Å²) in [5.74, 6) is -1.56. The Morgan fingerprint density at radius 3 is 2.25 bits per heavy atom. The zero-order chi connectivity index (χ0) is 8.65. The van der Waals surface area contributed by atoms with Gasteiger partial charge in [0.1, 0.15) is 0 Å². The Bertz CT molecular complexity index is 225. The van der Waals surface area contributed by atoms with Crippen molar-refractivity contribution in [2.45, 2.75) is 0 Å². The van der Waals surface area contributed by atoms with E-state index in [0.29, 0.717) is 0 Å². The van der Waals surface area contributed by atoms with Crippen LogP contribution in [0.5, 0.6) is 0 Å². The van der Waals surface area contributed by atoms with E-state index in [1.54, 1.807) is 0 Å². The van der Waals surface area contributed by atoms with E-state index in [1.807, 2.05) is 0 Å². The molecule has 1 aliphatic rings. The van der Waals surface area contributed by atoms with Gasteiger partial charge in [-0.05, 0) is 0 Å². The third-order valence-corrected chi connectivity index (χ3v) is 0.809. The van der Waals surface area contributed by atoms with Gasteiger partial charge in [0.05, 0.1) is 0 Å². The molecule has 42 valence electrons. The maximum absolute atomic E-state index is 10.7. The average molecular weight is 114 g/mol. The summed E-state index contributed by atoms with van der Waals surface area (Å²) < 4.78 is 20.3. The number of carbonyl (C=O) groups excluding carboxylic acids is 2. The monoisotopic (exact) mass is 114 g/mol. The Hall–Kier alpha value is -1.12. The van der Waals surface area contributed by atoms with Crippen LogP contribution in [0.3, 0.4) is 0 Å². The number of imide groups is 1. The summed E-state index contributed by atoms with van der Waals surface area (Å²) in [6.07, 6.45) is 1.88. The first-order valence-electron chi connectivity index (χ1n) is 3.49. The second-order valence-electron chi connectivity index (χ2n) is 1.35. The first kappa shape index (κ1) is 2.44. The summed E-state index contributed by atoms with van der Waals surface area (Å²) in [6.45, 7) is -2.66. The number of likely N-dealkylation sites (N-methyl/N-ethyl adjacent to an activating group) is 1. The summed E-state index contributed by atoms with van der Waals surface area (Å²) in [5, 5.41) is 0. The molecule has 0 radical (unpaired) electrons. The molecule has 0 N–H and O–H groups in total. The van der Waals surface area contributed by atoms with E-state index in [2.05, 4.69) is 0 Å². The second-order valence-corrected chi connectivity index (χ2v) is 1.35. The van der Waals surface area contributed by atoms with Crippen molar-refractivity contribution in [2.75, 3.05) is 6.98 Å². The molecule has 0 fully saturated rings. The SMILES string of the molecule is [2H]C([2H])([2H])N1C(=O)C=CC1=O. The van der Waals surface area contributed by atoms with Gasteiger partial charge in [-0.15, -0.1) is 0 Å². The van der Waals surface area contributed by atoms with Crippen LogP contribution in [-0.2, 0) is 9.59 Å². The molecule has 0 saturated carbocycles.